The zero-order valence-electron chi connectivity index (χ0n) is 10.4. The molecule has 0 aromatic rings. The van der Waals surface area contributed by atoms with Gasteiger partial charge in [-0.15, -0.1) is 0 Å². The van der Waals surface area contributed by atoms with Gasteiger partial charge in [0.15, 0.2) is 0 Å². The molecule has 7 nitrogen and oxygen atoms in total. The number of rotatable bonds is 6. The van der Waals surface area contributed by atoms with E-state index in [1.54, 1.807) is 0 Å². The Hall–Kier alpha value is 0.820. The van der Waals surface area contributed by atoms with Gasteiger partial charge < -0.3 is 30.0 Å². The van der Waals surface area contributed by atoms with Crippen LogP contribution in [0, 0.1) is 0 Å². The van der Waals surface area contributed by atoms with Gasteiger partial charge in [-0.2, -0.15) is 0 Å². The number of aliphatic hydroxyl groups is 2. The summed E-state index contributed by atoms with van der Waals surface area (Å²) in [5, 5.41) is 39.2. The van der Waals surface area contributed by atoms with E-state index in [1.165, 1.54) is 13.8 Å². The SMILES string of the molecule is CC(O)N(C(C)O)C(CC(=O)[O-])C(=O)[O-].[Na+].[Na+]. The van der Waals surface area contributed by atoms with E-state index in [-0.39, 0.29) is 59.1 Å². The molecule has 3 unspecified atom stereocenters. The predicted molar refractivity (Wildman–Crippen MR) is 43.6 cm³/mol. The molecule has 9 heteroatoms. The molecule has 0 saturated heterocycles. The molecule has 0 amide bonds. The molecule has 0 rings (SSSR count). The van der Waals surface area contributed by atoms with Gasteiger partial charge in [0.25, 0.3) is 0 Å². The number of hydrogen-bond acceptors (Lipinski definition) is 7. The van der Waals surface area contributed by atoms with Gasteiger partial charge in [0.05, 0.1) is 12.0 Å². The van der Waals surface area contributed by atoms with E-state index in [2.05, 4.69) is 0 Å². The zero-order valence-corrected chi connectivity index (χ0v) is 14.4. The molecular formula is C8H13NNa2O6. The third-order valence-corrected chi connectivity index (χ3v) is 1.85. The maximum Gasteiger partial charge on any atom is 1.00 e. The number of aliphatic hydroxyl groups excluding tert-OH is 2. The number of carboxylic acids is 2. The van der Waals surface area contributed by atoms with Crippen molar-refractivity contribution in [3.8, 4) is 0 Å². The molecule has 0 heterocycles. The van der Waals surface area contributed by atoms with Crippen molar-refractivity contribution < 1.29 is 89.1 Å². The Morgan fingerprint density at radius 2 is 1.47 bits per heavy atom. The summed E-state index contributed by atoms with van der Waals surface area (Å²) in [5.41, 5.74) is 0. The van der Waals surface area contributed by atoms with Gasteiger partial charge >= 0.3 is 59.1 Å². The van der Waals surface area contributed by atoms with Crippen LogP contribution in [0.25, 0.3) is 0 Å². The molecule has 2 N–H and O–H groups in total. The summed E-state index contributed by atoms with van der Waals surface area (Å²) in [5.74, 6) is -3.29. The van der Waals surface area contributed by atoms with E-state index in [9.17, 15) is 30.0 Å². The first-order valence-electron chi connectivity index (χ1n) is 4.31. The topological polar surface area (TPSA) is 124 Å². The first kappa shape index (κ1) is 23.0. The van der Waals surface area contributed by atoms with Gasteiger partial charge in [-0.05, 0) is 13.8 Å². The minimum absolute atomic E-state index is 0. The maximum atomic E-state index is 10.6. The summed E-state index contributed by atoms with van der Waals surface area (Å²) in [6.07, 6.45) is -3.49. The standard InChI is InChI=1S/C8H15NO6.2Na/c1-4(10)9(5(2)11)6(8(14)15)3-7(12)13;;/h4-6,10-11H,3H2,1-2H3,(H,12,13)(H,14,15);;/q;2*+1/p-2. The minimum Gasteiger partial charge on any atom is -0.550 e. The molecule has 0 aromatic carbocycles. The molecule has 0 saturated carbocycles. The van der Waals surface area contributed by atoms with Gasteiger partial charge in [-0.3, -0.25) is 0 Å². The van der Waals surface area contributed by atoms with Crippen LogP contribution in [-0.4, -0.2) is 45.5 Å². The van der Waals surface area contributed by atoms with Crippen molar-refractivity contribution >= 4 is 11.9 Å². The van der Waals surface area contributed by atoms with Crippen molar-refractivity contribution in [2.24, 2.45) is 0 Å². The van der Waals surface area contributed by atoms with Crippen LogP contribution in [0.5, 0.6) is 0 Å². The molecular weight excluding hydrogens is 252 g/mol. The first-order valence-corrected chi connectivity index (χ1v) is 4.31. The van der Waals surface area contributed by atoms with E-state index in [1.807, 2.05) is 0 Å². The van der Waals surface area contributed by atoms with Crippen molar-refractivity contribution in [3.63, 3.8) is 0 Å². The second kappa shape index (κ2) is 10.7. The van der Waals surface area contributed by atoms with Crippen LogP contribution in [0.3, 0.4) is 0 Å². The van der Waals surface area contributed by atoms with Crippen LogP contribution in [0.1, 0.15) is 20.3 Å². The average molecular weight is 265 g/mol. The summed E-state index contributed by atoms with van der Waals surface area (Å²) in [7, 11) is 0. The molecule has 88 valence electrons. The normalized spacial score (nSPS) is 15.1. The Labute approximate surface area is 143 Å². The van der Waals surface area contributed by atoms with Gasteiger partial charge in [-0.25, -0.2) is 4.90 Å². The molecule has 3 atom stereocenters. The summed E-state index contributed by atoms with van der Waals surface area (Å²) in [6, 6.07) is -1.63. The molecule has 0 aliphatic rings. The molecule has 0 spiro atoms. The van der Waals surface area contributed by atoms with Crippen molar-refractivity contribution in [3.05, 3.63) is 0 Å². The average Bonchev–Trinajstić information content (AvgIpc) is 2.00. The summed E-state index contributed by atoms with van der Waals surface area (Å²) in [4.78, 5) is 21.6. The van der Waals surface area contributed by atoms with Crippen molar-refractivity contribution in [1.82, 2.24) is 4.90 Å². The smallest absolute Gasteiger partial charge is 0.550 e. The third kappa shape index (κ3) is 8.52. The van der Waals surface area contributed by atoms with Crippen LogP contribution in [0.15, 0.2) is 0 Å². The second-order valence-corrected chi connectivity index (χ2v) is 3.12. The number of carbonyl (C=O) groups is 2. The van der Waals surface area contributed by atoms with Crippen LogP contribution in [0.2, 0.25) is 0 Å². The van der Waals surface area contributed by atoms with Crippen LogP contribution < -0.4 is 69.3 Å². The van der Waals surface area contributed by atoms with E-state index in [4.69, 9.17) is 0 Å². The molecule has 17 heavy (non-hydrogen) atoms. The molecule has 0 fully saturated rings. The predicted octanol–water partition coefficient (Wildman–Crippen LogP) is -9.77. The van der Waals surface area contributed by atoms with Gasteiger partial charge in [-0.1, -0.05) is 0 Å². The molecule has 0 aliphatic heterocycles. The molecule has 0 bridgehead atoms. The zero-order chi connectivity index (χ0) is 12.2. The quantitative estimate of drug-likeness (QED) is 0.361. The molecule has 0 aliphatic carbocycles. The number of nitrogens with zero attached hydrogens (tertiary/aromatic N) is 1. The van der Waals surface area contributed by atoms with E-state index >= 15 is 0 Å². The van der Waals surface area contributed by atoms with E-state index < -0.39 is 36.9 Å². The monoisotopic (exact) mass is 265 g/mol. The van der Waals surface area contributed by atoms with Gasteiger partial charge in [0.1, 0.15) is 12.5 Å². The fourth-order valence-corrected chi connectivity index (χ4v) is 1.30. The number of carboxylic acid groups (broad SMARTS) is 2. The number of carbonyl (C=O) groups excluding carboxylic acids is 2. The van der Waals surface area contributed by atoms with Gasteiger partial charge in [0.2, 0.25) is 0 Å². The molecule has 0 aromatic heterocycles. The third-order valence-electron chi connectivity index (χ3n) is 1.85. The first-order chi connectivity index (χ1) is 6.77. The Morgan fingerprint density at radius 3 is 1.65 bits per heavy atom. The summed E-state index contributed by atoms with van der Waals surface area (Å²) >= 11 is 0. The minimum atomic E-state index is -1.69. The molecule has 0 radical (unpaired) electrons. The maximum absolute atomic E-state index is 10.6. The van der Waals surface area contributed by atoms with E-state index in [0.717, 1.165) is 0 Å². The van der Waals surface area contributed by atoms with Crippen LogP contribution in [-0.2, 0) is 9.59 Å². The van der Waals surface area contributed by atoms with Crippen LogP contribution in [0.4, 0.5) is 0 Å². The Morgan fingerprint density at radius 1 is 1.12 bits per heavy atom. The number of hydrogen-bond donors (Lipinski definition) is 2. The van der Waals surface area contributed by atoms with Crippen molar-refractivity contribution in [2.75, 3.05) is 0 Å². The van der Waals surface area contributed by atoms with E-state index in [0.29, 0.717) is 4.90 Å². The Balaban J connectivity index is -0.000000980. The van der Waals surface area contributed by atoms with Crippen molar-refractivity contribution in [1.29, 1.82) is 0 Å². The fraction of sp³-hybridized carbons (Fsp3) is 0.750. The van der Waals surface area contributed by atoms with Gasteiger partial charge in [0, 0.05) is 12.4 Å². The summed E-state index contributed by atoms with van der Waals surface area (Å²) in [6.45, 7) is 2.41. The van der Waals surface area contributed by atoms with Crippen molar-refractivity contribution in [2.45, 2.75) is 38.8 Å². The fourth-order valence-electron chi connectivity index (χ4n) is 1.30. The largest absolute Gasteiger partial charge is 1.00 e. The Bertz CT molecular complexity index is 240. The summed E-state index contributed by atoms with van der Waals surface area (Å²) < 4.78 is 0. The number of aliphatic carboxylic acids is 2. The Kier molecular flexibility index (Phi) is 14.5. The van der Waals surface area contributed by atoms with Crippen LogP contribution >= 0.6 is 0 Å². The second-order valence-electron chi connectivity index (χ2n) is 3.12.